The number of rotatable bonds is 13. The van der Waals surface area contributed by atoms with Gasteiger partial charge in [-0.3, -0.25) is 24.0 Å². The van der Waals surface area contributed by atoms with Gasteiger partial charge in [-0.2, -0.15) is 0 Å². The minimum Gasteiger partial charge on any atom is -0.481 e. The van der Waals surface area contributed by atoms with Crippen LogP contribution in [0.2, 0.25) is 0 Å². The van der Waals surface area contributed by atoms with E-state index in [2.05, 4.69) is 16.0 Å². The number of carboxylic acid groups (broad SMARTS) is 2. The van der Waals surface area contributed by atoms with Crippen molar-refractivity contribution >= 4 is 29.7 Å². The summed E-state index contributed by atoms with van der Waals surface area (Å²) in [5, 5.41) is 33.4. The number of carboxylic acids is 2. The first-order chi connectivity index (χ1) is 14.6. The number of amides is 3. The average Bonchev–Trinajstić information content (AvgIpc) is 2.74. The molecule has 3 atom stereocenters. The van der Waals surface area contributed by atoms with Gasteiger partial charge in [0.25, 0.3) is 0 Å². The lowest BCUT2D eigenvalue weighted by atomic mass is 10.0. The predicted molar refractivity (Wildman–Crippen MR) is 107 cm³/mol. The summed E-state index contributed by atoms with van der Waals surface area (Å²) in [6, 6.07) is 4.82. The minimum absolute atomic E-state index is 0.0267. The summed E-state index contributed by atoms with van der Waals surface area (Å²) in [5.74, 6) is -5.01. The third-order valence-corrected chi connectivity index (χ3v) is 4.14. The summed E-state index contributed by atoms with van der Waals surface area (Å²) in [7, 11) is 0. The van der Waals surface area contributed by atoms with Gasteiger partial charge in [0.05, 0.1) is 6.61 Å². The number of nitrogens with two attached hydrogens (primary N) is 1. The van der Waals surface area contributed by atoms with Crippen LogP contribution in [0, 0.1) is 0 Å². The molecule has 31 heavy (non-hydrogen) atoms. The van der Waals surface area contributed by atoms with E-state index in [1.54, 1.807) is 30.3 Å². The van der Waals surface area contributed by atoms with Gasteiger partial charge in [0.1, 0.15) is 24.7 Å². The number of hydrogen-bond donors (Lipinski definition) is 7. The molecule has 1 aromatic rings. The van der Waals surface area contributed by atoms with Gasteiger partial charge in [-0.25, -0.2) is 0 Å². The summed E-state index contributed by atoms with van der Waals surface area (Å²) in [4.78, 5) is 58.7. The molecule has 0 saturated heterocycles. The summed E-state index contributed by atoms with van der Waals surface area (Å²) >= 11 is 0. The molecule has 3 unspecified atom stereocenters. The van der Waals surface area contributed by atoms with Crippen LogP contribution in [0.15, 0.2) is 30.3 Å². The first-order valence-corrected chi connectivity index (χ1v) is 9.36. The minimum atomic E-state index is -1.34. The highest BCUT2D eigenvalue weighted by Gasteiger charge is 2.28. The molecule has 0 spiro atoms. The van der Waals surface area contributed by atoms with E-state index in [1.165, 1.54) is 0 Å². The molecule has 0 aliphatic carbocycles. The number of aliphatic hydroxyl groups excluding tert-OH is 1. The van der Waals surface area contributed by atoms with Gasteiger partial charge in [-0.15, -0.1) is 0 Å². The Morgan fingerprint density at radius 2 is 1.48 bits per heavy atom. The van der Waals surface area contributed by atoms with Gasteiger partial charge in [0.2, 0.25) is 17.7 Å². The molecule has 1 aromatic carbocycles. The average molecular weight is 438 g/mol. The molecule has 12 nitrogen and oxygen atoms in total. The molecular formula is C19H26N4O8. The van der Waals surface area contributed by atoms with Gasteiger partial charge in [0, 0.05) is 12.8 Å². The zero-order chi connectivity index (χ0) is 23.4. The fraction of sp³-hybridized carbons (Fsp3) is 0.421. The van der Waals surface area contributed by atoms with Gasteiger partial charge >= 0.3 is 11.9 Å². The molecule has 170 valence electrons. The SMILES string of the molecule is NC(CO)C(=O)NC(Cc1ccccc1)C(=O)NC(CCC(=O)O)C(=O)NCC(=O)O. The summed E-state index contributed by atoms with van der Waals surface area (Å²) in [5.41, 5.74) is 6.16. The quantitative estimate of drug-likeness (QED) is 0.175. The van der Waals surface area contributed by atoms with E-state index >= 15 is 0 Å². The second-order valence-corrected chi connectivity index (χ2v) is 6.65. The van der Waals surface area contributed by atoms with Crippen molar-refractivity contribution in [2.45, 2.75) is 37.4 Å². The largest absolute Gasteiger partial charge is 0.481 e. The van der Waals surface area contributed by atoms with Crippen LogP contribution in [0.3, 0.4) is 0 Å². The van der Waals surface area contributed by atoms with E-state index in [9.17, 15) is 24.0 Å². The van der Waals surface area contributed by atoms with Crippen LogP contribution in [0.5, 0.6) is 0 Å². The molecule has 1 rings (SSSR count). The third kappa shape index (κ3) is 9.69. The van der Waals surface area contributed by atoms with E-state index < -0.39 is 67.4 Å². The normalized spacial score (nSPS) is 13.4. The highest BCUT2D eigenvalue weighted by atomic mass is 16.4. The van der Waals surface area contributed by atoms with Crippen LogP contribution in [0.4, 0.5) is 0 Å². The van der Waals surface area contributed by atoms with Crippen LogP contribution in [0.25, 0.3) is 0 Å². The van der Waals surface area contributed by atoms with Gasteiger partial charge in [-0.05, 0) is 12.0 Å². The van der Waals surface area contributed by atoms with E-state index in [-0.39, 0.29) is 12.8 Å². The lowest BCUT2D eigenvalue weighted by Crippen LogP contribution is -2.57. The van der Waals surface area contributed by atoms with Crippen molar-refractivity contribution in [1.29, 1.82) is 0 Å². The van der Waals surface area contributed by atoms with Crippen LogP contribution in [0.1, 0.15) is 18.4 Å². The molecule has 0 aliphatic rings. The molecule has 0 radical (unpaired) electrons. The second kappa shape index (κ2) is 12.9. The topological polar surface area (TPSA) is 208 Å². The van der Waals surface area contributed by atoms with E-state index in [0.29, 0.717) is 5.56 Å². The third-order valence-electron chi connectivity index (χ3n) is 4.14. The fourth-order valence-corrected chi connectivity index (χ4v) is 2.52. The van der Waals surface area contributed by atoms with Crippen molar-refractivity contribution < 1.29 is 39.3 Å². The molecule has 0 bridgehead atoms. The Labute approximate surface area is 177 Å². The highest BCUT2D eigenvalue weighted by Crippen LogP contribution is 2.06. The Balaban J connectivity index is 2.99. The number of aliphatic carboxylic acids is 2. The first-order valence-electron chi connectivity index (χ1n) is 9.36. The number of carbonyl (C=O) groups is 5. The van der Waals surface area contributed by atoms with Crippen molar-refractivity contribution in [3.8, 4) is 0 Å². The molecule has 0 heterocycles. The van der Waals surface area contributed by atoms with E-state index in [1.807, 2.05) is 0 Å². The first kappa shape index (κ1) is 25.5. The molecular weight excluding hydrogens is 412 g/mol. The van der Waals surface area contributed by atoms with Crippen LogP contribution < -0.4 is 21.7 Å². The number of nitrogens with one attached hydrogen (secondary N) is 3. The maximum atomic E-state index is 12.8. The van der Waals surface area contributed by atoms with Crippen molar-refractivity contribution in [2.24, 2.45) is 5.73 Å². The molecule has 12 heteroatoms. The molecule has 0 aliphatic heterocycles. The number of carbonyl (C=O) groups excluding carboxylic acids is 3. The lowest BCUT2D eigenvalue weighted by Gasteiger charge is -2.23. The number of aliphatic hydroxyl groups is 1. The predicted octanol–water partition coefficient (Wildman–Crippen LogP) is -2.42. The summed E-state index contributed by atoms with van der Waals surface area (Å²) in [6.07, 6.45) is -0.732. The van der Waals surface area contributed by atoms with Crippen molar-refractivity contribution in [3.63, 3.8) is 0 Å². The maximum Gasteiger partial charge on any atom is 0.322 e. The summed E-state index contributed by atoms with van der Waals surface area (Å²) in [6.45, 7) is -1.36. The number of benzene rings is 1. The Bertz CT molecular complexity index is 786. The summed E-state index contributed by atoms with van der Waals surface area (Å²) < 4.78 is 0. The Morgan fingerprint density at radius 3 is 2.03 bits per heavy atom. The van der Waals surface area contributed by atoms with Crippen molar-refractivity contribution in [1.82, 2.24) is 16.0 Å². The lowest BCUT2D eigenvalue weighted by molar-refractivity contribution is -0.140. The van der Waals surface area contributed by atoms with Crippen molar-refractivity contribution in [3.05, 3.63) is 35.9 Å². The smallest absolute Gasteiger partial charge is 0.322 e. The second-order valence-electron chi connectivity index (χ2n) is 6.65. The maximum absolute atomic E-state index is 12.8. The zero-order valence-corrected chi connectivity index (χ0v) is 16.6. The Hall–Kier alpha value is -3.51. The fourth-order valence-electron chi connectivity index (χ4n) is 2.52. The van der Waals surface area contributed by atoms with Crippen molar-refractivity contribution in [2.75, 3.05) is 13.2 Å². The van der Waals surface area contributed by atoms with Gasteiger partial charge in [0.15, 0.2) is 0 Å². The van der Waals surface area contributed by atoms with Gasteiger partial charge in [-0.1, -0.05) is 30.3 Å². The highest BCUT2D eigenvalue weighted by molar-refractivity contribution is 5.94. The Morgan fingerprint density at radius 1 is 0.871 bits per heavy atom. The molecule has 0 aromatic heterocycles. The monoisotopic (exact) mass is 438 g/mol. The standard InChI is InChI=1S/C19H26N4O8/c20-12(10-24)17(29)23-14(8-11-4-2-1-3-5-11)19(31)22-13(6-7-15(25)26)18(30)21-9-16(27)28/h1-5,12-14,24H,6-10,20H2,(H,21,30)(H,22,31)(H,23,29)(H,25,26)(H,27,28). The molecule has 8 N–H and O–H groups in total. The molecule has 0 fully saturated rings. The van der Waals surface area contributed by atoms with Crippen LogP contribution in [-0.2, 0) is 30.4 Å². The van der Waals surface area contributed by atoms with E-state index in [0.717, 1.165) is 0 Å². The van der Waals surface area contributed by atoms with Crippen LogP contribution in [-0.4, -0.2) is 76.3 Å². The number of hydrogen-bond acceptors (Lipinski definition) is 7. The van der Waals surface area contributed by atoms with Crippen LogP contribution >= 0.6 is 0 Å². The van der Waals surface area contributed by atoms with E-state index in [4.69, 9.17) is 21.1 Å². The Kier molecular flexibility index (Phi) is 10.6. The zero-order valence-electron chi connectivity index (χ0n) is 16.6. The molecule has 3 amide bonds. The molecule has 0 saturated carbocycles. The van der Waals surface area contributed by atoms with Gasteiger partial charge < -0.3 is 37.0 Å².